The van der Waals surface area contributed by atoms with Crippen molar-refractivity contribution in [1.29, 1.82) is 0 Å². The quantitative estimate of drug-likeness (QED) is 0.601. The molecule has 0 N–H and O–H groups in total. The van der Waals surface area contributed by atoms with Gasteiger partial charge in [0.05, 0.1) is 18.2 Å². The molecule has 27 heavy (non-hydrogen) atoms. The maximum atomic E-state index is 12.8. The Hall–Kier alpha value is -2.83. The first kappa shape index (κ1) is 18.9. The zero-order valence-corrected chi connectivity index (χ0v) is 15.2. The summed E-state index contributed by atoms with van der Waals surface area (Å²) < 4.78 is 44.8. The molecule has 1 aromatic heterocycles. The predicted octanol–water partition coefficient (Wildman–Crippen LogP) is 5.01. The van der Waals surface area contributed by atoms with Gasteiger partial charge in [-0.3, -0.25) is 4.68 Å². The van der Waals surface area contributed by atoms with Gasteiger partial charge in [-0.1, -0.05) is 24.3 Å². The van der Waals surface area contributed by atoms with Crippen LogP contribution in [-0.2, 0) is 17.3 Å². The molecule has 0 bridgehead atoms. The number of carbonyl (C=O) groups excluding carboxylic acids is 1. The first-order chi connectivity index (χ1) is 12.7. The maximum absolute atomic E-state index is 12.8. The number of aromatic nitrogens is 2. The summed E-state index contributed by atoms with van der Waals surface area (Å²) in [6, 6.07) is 10.4. The third-order valence-corrected chi connectivity index (χ3v) is 4.35. The lowest BCUT2D eigenvalue weighted by Crippen LogP contribution is -2.14. The molecule has 0 atom stereocenters. The number of fused-ring (bicyclic) bond motifs is 1. The summed E-state index contributed by atoms with van der Waals surface area (Å²) >= 11 is 0. The topological polar surface area (TPSA) is 44.1 Å². The Morgan fingerprint density at radius 1 is 1.15 bits per heavy atom. The number of esters is 1. The Labute approximate surface area is 154 Å². The molecule has 0 fully saturated rings. The van der Waals surface area contributed by atoms with Gasteiger partial charge in [0.25, 0.3) is 0 Å². The molecular weight excluding hydrogens is 357 g/mol. The van der Waals surface area contributed by atoms with Crippen molar-refractivity contribution in [2.45, 2.75) is 32.5 Å². The van der Waals surface area contributed by atoms with Gasteiger partial charge in [0, 0.05) is 11.4 Å². The molecule has 0 aliphatic carbocycles. The summed E-state index contributed by atoms with van der Waals surface area (Å²) in [6.45, 7) is 3.82. The van der Waals surface area contributed by atoms with E-state index in [1.54, 1.807) is 10.7 Å². The Bertz CT molecular complexity index is 973. The molecule has 142 valence electrons. The maximum Gasteiger partial charge on any atom is 0.416 e. The van der Waals surface area contributed by atoms with Gasteiger partial charge in [0.15, 0.2) is 5.69 Å². The molecule has 0 radical (unpaired) electrons. The van der Waals surface area contributed by atoms with Crippen molar-refractivity contribution in [3.63, 3.8) is 0 Å². The molecule has 0 saturated carbocycles. The van der Waals surface area contributed by atoms with Crippen molar-refractivity contribution in [3.8, 4) is 0 Å². The van der Waals surface area contributed by atoms with Crippen LogP contribution in [0.3, 0.4) is 0 Å². The summed E-state index contributed by atoms with van der Waals surface area (Å²) in [6.07, 6.45) is -3.99. The number of halogens is 3. The Balaban J connectivity index is 2.08. The van der Waals surface area contributed by atoms with Gasteiger partial charge in [-0.25, -0.2) is 4.79 Å². The lowest BCUT2D eigenvalue weighted by atomic mass is 9.99. The van der Waals surface area contributed by atoms with Crippen LogP contribution in [0.15, 0.2) is 42.5 Å². The Kier molecular flexibility index (Phi) is 4.95. The summed E-state index contributed by atoms with van der Waals surface area (Å²) in [7, 11) is 1.31. The van der Waals surface area contributed by atoms with E-state index in [1.165, 1.54) is 19.2 Å². The number of nitrogens with zero attached hydrogens (tertiary/aromatic N) is 2. The van der Waals surface area contributed by atoms with Crippen LogP contribution in [0.4, 0.5) is 13.2 Å². The lowest BCUT2D eigenvalue weighted by molar-refractivity contribution is -0.137. The van der Waals surface area contributed by atoms with Crippen LogP contribution in [0.25, 0.3) is 10.9 Å². The molecular formula is C20H19F3N2O2. The lowest BCUT2D eigenvalue weighted by Gasteiger charge is -2.11. The molecule has 3 aromatic rings. The minimum atomic E-state index is -4.37. The van der Waals surface area contributed by atoms with Crippen molar-refractivity contribution in [2.75, 3.05) is 7.11 Å². The number of hydrogen-bond acceptors (Lipinski definition) is 3. The van der Waals surface area contributed by atoms with Crippen LogP contribution >= 0.6 is 0 Å². The normalized spacial score (nSPS) is 12.0. The molecule has 0 amide bonds. The zero-order valence-electron chi connectivity index (χ0n) is 15.2. The van der Waals surface area contributed by atoms with Crippen LogP contribution in [-0.4, -0.2) is 22.9 Å². The number of benzene rings is 2. The molecule has 0 spiro atoms. The van der Waals surface area contributed by atoms with E-state index in [0.717, 1.165) is 17.7 Å². The molecule has 2 aromatic carbocycles. The first-order valence-corrected chi connectivity index (χ1v) is 8.47. The highest BCUT2D eigenvalue weighted by molar-refractivity contribution is 6.03. The van der Waals surface area contributed by atoms with Crippen molar-refractivity contribution < 1.29 is 22.7 Å². The van der Waals surface area contributed by atoms with Crippen LogP contribution < -0.4 is 0 Å². The zero-order chi connectivity index (χ0) is 19.8. The van der Waals surface area contributed by atoms with Crippen molar-refractivity contribution in [2.24, 2.45) is 0 Å². The van der Waals surface area contributed by atoms with Gasteiger partial charge in [0.1, 0.15) is 0 Å². The molecule has 1 heterocycles. The van der Waals surface area contributed by atoms with E-state index in [4.69, 9.17) is 4.74 Å². The van der Waals surface area contributed by atoms with E-state index in [1.807, 2.05) is 26.0 Å². The molecule has 7 heteroatoms. The number of ether oxygens (including phenoxy) is 1. The molecule has 4 nitrogen and oxygen atoms in total. The van der Waals surface area contributed by atoms with Crippen molar-refractivity contribution in [3.05, 3.63) is 64.8 Å². The molecule has 0 aliphatic heterocycles. The highest BCUT2D eigenvalue weighted by Crippen LogP contribution is 2.31. The Morgan fingerprint density at radius 2 is 1.81 bits per heavy atom. The van der Waals surface area contributed by atoms with Crippen LogP contribution in [0, 0.1) is 0 Å². The number of methoxy groups -OCH3 is 1. The highest BCUT2D eigenvalue weighted by atomic mass is 19.4. The van der Waals surface area contributed by atoms with Crippen LogP contribution in [0.5, 0.6) is 0 Å². The number of hydrogen-bond donors (Lipinski definition) is 0. The standard InChI is InChI=1S/C20H19F3N2O2/c1-12(2)25-18(19(26)27-3)17-14(5-4-6-16(17)24-25)11-13-7-9-15(10-8-13)20(21,22)23/h4-10,12H,11H2,1-3H3. The first-order valence-electron chi connectivity index (χ1n) is 8.47. The van der Waals surface area contributed by atoms with E-state index in [9.17, 15) is 18.0 Å². The second-order valence-corrected chi connectivity index (χ2v) is 6.56. The second kappa shape index (κ2) is 7.06. The molecule has 0 unspecified atom stereocenters. The summed E-state index contributed by atoms with van der Waals surface area (Å²) in [4.78, 5) is 12.4. The van der Waals surface area contributed by atoms with Gasteiger partial charge in [0.2, 0.25) is 0 Å². The van der Waals surface area contributed by atoms with Crippen molar-refractivity contribution >= 4 is 16.9 Å². The van der Waals surface area contributed by atoms with Gasteiger partial charge in [-0.05, 0) is 49.6 Å². The minimum absolute atomic E-state index is 0.0505. The summed E-state index contributed by atoms with van der Waals surface area (Å²) in [5.74, 6) is -0.494. The molecule has 0 saturated heterocycles. The van der Waals surface area contributed by atoms with E-state index in [-0.39, 0.29) is 6.04 Å². The predicted molar refractivity (Wildman–Crippen MR) is 95.7 cm³/mol. The fourth-order valence-corrected chi connectivity index (χ4v) is 3.07. The average molecular weight is 376 g/mol. The van der Waals surface area contributed by atoms with Gasteiger partial charge >= 0.3 is 12.1 Å². The van der Waals surface area contributed by atoms with Gasteiger partial charge in [-0.15, -0.1) is 0 Å². The van der Waals surface area contributed by atoms with Crippen LogP contribution in [0.2, 0.25) is 0 Å². The average Bonchev–Trinajstić information content (AvgIpc) is 3.02. The minimum Gasteiger partial charge on any atom is -0.464 e. The summed E-state index contributed by atoms with van der Waals surface area (Å²) in [5.41, 5.74) is 1.83. The second-order valence-electron chi connectivity index (χ2n) is 6.56. The van der Waals surface area contributed by atoms with Gasteiger partial charge < -0.3 is 4.74 Å². The van der Waals surface area contributed by atoms with E-state index >= 15 is 0 Å². The van der Waals surface area contributed by atoms with Crippen molar-refractivity contribution in [1.82, 2.24) is 9.78 Å². The Morgan fingerprint density at radius 3 is 2.37 bits per heavy atom. The third-order valence-electron chi connectivity index (χ3n) is 4.35. The SMILES string of the molecule is COC(=O)c1c2c(Cc3ccc(C(F)(F)F)cc3)cccc2nn1C(C)C. The number of alkyl halides is 3. The van der Waals surface area contributed by atoms with E-state index in [2.05, 4.69) is 5.10 Å². The fraction of sp³-hybridized carbons (Fsp3) is 0.300. The van der Waals surface area contributed by atoms with E-state index in [0.29, 0.717) is 28.6 Å². The number of carbonyl (C=O) groups is 1. The van der Waals surface area contributed by atoms with Crippen LogP contribution in [0.1, 0.15) is 47.1 Å². The fourth-order valence-electron chi connectivity index (χ4n) is 3.07. The molecule has 0 aliphatic rings. The molecule has 3 rings (SSSR count). The van der Waals surface area contributed by atoms with Gasteiger partial charge in [-0.2, -0.15) is 18.3 Å². The smallest absolute Gasteiger partial charge is 0.416 e. The summed E-state index contributed by atoms with van der Waals surface area (Å²) in [5, 5.41) is 5.16. The third kappa shape index (κ3) is 3.67. The highest BCUT2D eigenvalue weighted by Gasteiger charge is 2.30. The number of rotatable bonds is 4. The monoisotopic (exact) mass is 376 g/mol. The largest absolute Gasteiger partial charge is 0.464 e. The van der Waals surface area contributed by atoms with E-state index < -0.39 is 17.7 Å².